The van der Waals surface area contributed by atoms with Crippen LogP contribution in [0.2, 0.25) is 5.02 Å². The number of hydrogen-bond acceptors (Lipinski definition) is 2. The Bertz CT molecular complexity index is 433. The summed E-state index contributed by atoms with van der Waals surface area (Å²) in [6.45, 7) is 0.511. The van der Waals surface area contributed by atoms with Crippen molar-refractivity contribution in [3.63, 3.8) is 0 Å². The molecule has 1 aromatic rings. The second kappa shape index (κ2) is 5.15. The second-order valence-corrected chi connectivity index (χ2v) is 4.87. The molecular weight excluding hydrogens is 261 g/mol. The van der Waals surface area contributed by atoms with Gasteiger partial charge in [0.25, 0.3) is 5.91 Å². The van der Waals surface area contributed by atoms with Crippen LogP contribution < -0.4 is 0 Å². The first-order valence-corrected chi connectivity index (χ1v) is 6.40. The lowest BCUT2D eigenvalue weighted by molar-refractivity contribution is 0.0753. The van der Waals surface area contributed by atoms with Crippen LogP contribution in [0.3, 0.4) is 0 Å². The van der Waals surface area contributed by atoms with Gasteiger partial charge in [0.1, 0.15) is 5.75 Å². The molecule has 0 aromatic heterocycles. The van der Waals surface area contributed by atoms with Crippen molar-refractivity contribution in [1.82, 2.24) is 4.90 Å². The van der Waals surface area contributed by atoms with E-state index in [1.54, 1.807) is 4.90 Å². The van der Waals surface area contributed by atoms with Gasteiger partial charge in [-0.15, -0.1) is 11.6 Å². The Morgan fingerprint density at radius 1 is 1.47 bits per heavy atom. The van der Waals surface area contributed by atoms with Gasteiger partial charge in [-0.3, -0.25) is 4.79 Å². The fraction of sp³-hybridized carbons (Fsp3) is 0.417. The lowest BCUT2D eigenvalue weighted by atomic mass is 10.2. The van der Waals surface area contributed by atoms with E-state index in [1.807, 2.05) is 0 Å². The number of hydrogen-bond donors (Lipinski definition) is 1. The first kappa shape index (κ1) is 12.5. The lowest BCUT2D eigenvalue weighted by Crippen LogP contribution is -2.34. The maximum absolute atomic E-state index is 12.3. The minimum absolute atomic E-state index is 0.0411. The number of carbonyl (C=O) groups is 1. The molecule has 5 heteroatoms. The van der Waals surface area contributed by atoms with Crippen LogP contribution in [0.1, 0.15) is 23.2 Å². The Hall–Kier alpha value is -0.930. The first-order valence-electron chi connectivity index (χ1n) is 5.49. The van der Waals surface area contributed by atoms with Gasteiger partial charge in [-0.25, -0.2) is 0 Å². The highest BCUT2D eigenvalue weighted by molar-refractivity contribution is 6.33. The number of rotatable bonds is 4. The van der Waals surface area contributed by atoms with E-state index in [0.29, 0.717) is 23.0 Å². The molecule has 0 bridgehead atoms. The van der Waals surface area contributed by atoms with Crippen LogP contribution in [-0.2, 0) is 0 Å². The number of phenols is 1. The van der Waals surface area contributed by atoms with E-state index in [4.69, 9.17) is 23.2 Å². The summed E-state index contributed by atoms with van der Waals surface area (Å²) in [6.07, 6.45) is 2.03. The number of benzene rings is 1. The SMILES string of the molecule is O=C(c1cc(O)ccc1Cl)N(CCCl)C1CC1. The van der Waals surface area contributed by atoms with E-state index in [0.717, 1.165) is 12.8 Å². The predicted octanol–water partition coefficient (Wildman–Crippen LogP) is 2.89. The minimum Gasteiger partial charge on any atom is -0.508 e. The molecule has 3 nitrogen and oxygen atoms in total. The van der Waals surface area contributed by atoms with Gasteiger partial charge >= 0.3 is 0 Å². The maximum Gasteiger partial charge on any atom is 0.255 e. The quantitative estimate of drug-likeness (QED) is 0.857. The van der Waals surface area contributed by atoms with Crippen molar-refractivity contribution >= 4 is 29.1 Å². The first-order chi connectivity index (χ1) is 8.13. The summed E-state index contributed by atoms with van der Waals surface area (Å²) in [4.78, 5) is 14.0. The predicted molar refractivity (Wildman–Crippen MR) is 67.9 cm³/mol. The molecular formula is C12H13Cl2NO2. The van der Waals surface area contributed by atoms with Crippen LogP contribution >= 0.6 is 23.2 Å². The highest BCUT2D eigenvalue weighted by Gasteiger charge is 2.33. The molecule has 1 N–H and O–H groups in total. The number of halogens is 2. The zero-order valence-electron chi connectivity index (χ0n) is 9.20. The zero-order chi connectivity index (χ0) is 12.4. The Balaban J connectivity index is 2.24. The third kappa shape index (κ3) is 2.85. The van der Waals surface area contributed by atoms with E-state index in [1.165, 1.54) is 18.2 Å². The molecule has 17 heavy (non-hydrogen) atoms. The zero-order valence-corrected chi connectivity index (χ0v) is 10.7. The summed E-state index contributed by atoms with van der Waals surface area (Å²) >= 11 is 11.7. The van der Waals surface area contributed by atoms with Crippen LogP contribution in [0.25, 0.3) is 0 Å². The molecule has 0 saturated heterocycles. The number of aromatic hydroxyl groups is 1. The van der Waals surface area contributed by atoms with Crippen molar-refractivity contribution in [1.29, 1.82) is 0 Å². The summed E-state index contributed by atoms with van der Waals surface area (Å²) in [7, 11) is 0. The molecule has 1 fully saturated rings. The average molecular weight is 274 g/mol. The monoisotopic (exact) mass is 273 g/mol. The fourth-order valence-corrected chi connectivity index (χ4v) is 2.14. The normalized spacial score (nSPS) is 14.7. The van der Waals surface area contributed by atoms with E-state index >= 15 is 0 Å². The van der Waals surface area contributed by atoms with Crippen molar-refractivity contribution in [2.75, 3.05) is 12.4 Å². The van der Waals surface area contributed by atoms with E-state index < -0.39 is 0 Å². The van der Waals surface area contributed by atoms with E-state index in [2.05, 4.69) is 0 Å². The highest BCUT2D eigenvalue weighted by Crippen LogP contribution is 2.30. The number of amides is 1. The van der Waals surface area contributed by atoms with Crippen LogP contribution in [-0.4, -0.2) is 34.4 Å². The molecule has 2 rings (SSSR count). The number of phenolic OH excluding ortho intramolecular Hbond substituents is 1. The van der Waals surface area contributed by atoms with E-state index in [9.17, 15) is 9.90 Å². The molecule has 1 aliphatic carbocycles. The Morgan fingerprint density at radius 2 is 2.18 bits per heavy atom. The molecule has 1 aromatic carbocycles. The van der Waals surface area contributed by atoms with Crippen molar-refractivity contribution in [3.8, 4) is 5.75 Å². The molecule has 0 heterocycles. The van der Waals surface area contributed by atoms with Crippen LogP contribution in [0, 0.1) is 0 Å². The largest absolute Gasteiger partial charge is 0.508 e. The van der Waals surface area contributed by atoms with Gasteiger partial charge < -0.3 is 10.0 Å². The average Bonchev–Trinajstić information content (AvgIpc) is 3.12. The molecule has 0 aliphatic heterocycles. The van der Waals surface area contributed by atoms with Gasteiger partial charge in [0.05, 0.1) is 10.6 Å². The topological polar surface area (TPSA) is 40.5 Å². The van der Waals surface area contributed by atoms with Crippen molar-refractivity contribution in [2.45, 2.75) is 18.9 Å². The molecule has 0 atom stereocenters. The van der Waals surface area contributed by atoms with Gasteiger partial charge in [-0.1, -0.05) is 11.6 Å². The van der Waals surface area contributed by atoms with Crippen molar-refractivity contribution in [3.05, 3.63) is 28.8 Å². The van der Waals surface area contributed by atoms with Crippen LogP contribution in [0.4, 0.5) is 0 Å². The summed E-state index contributed by atoms with van der Waals surface area (Å²) in [5.74, 6) is 0.284. The highest BCUT2D eigenvalue weighted by atomic mass is 35.5. The van der Waals surface area contributed by atoms with Gasteiger partial charge in [0, 0.05) is 18.5 Å². The molecule has 1 saturated carbocycles. The summed E-state index contributed by atoms with van der Waals surface area (Å²) < 4.78 is 0. The smallest absolute Gasteiger partial charge is 0.255 e. The third-order valence-corrected chi connectivity index (χ3v) is 3.25. The molecule has 1 amide bonds. The van der Waals surface area contributed by atoms with Gasteiger partial charge in [0.15, 0.2) is 0 Å². The van der Waals surface area contributed by atoms with Crippen LogP contribution in [0.5, 0.6) is 5.75 Å². The Kier molecular flexibility index (Phi) is 3.79. The molecule has 1 aliphatic rings. The Labute approximate surface area is 110 Å². The van der Waals surface area contributed by atoms with Crippen LogP contribution in [0.15, 0.2) is 18.2 Å². The number of alkyl halides is 1. The van der Waals surface area contributed by atoms with Gasteiger partial charge in [-0.05, 0) is 31.0 Å². The van der Waals surface area contributed by atoms with Crippen molar-refractivity contribution < 1.29 is 9.90 Å². The third-order valence-electron chi connectivity index (χ3n) is 2.75. The van der Waals surface area contributed by atoms with Gasteiger partial charge in [-0.2, -0.15) is 0 Å². The maximum atomic E-state index is 12.3. The van der Waals surface area contributed by atoms with Crippen molar-refractivity contribution in [2.24, 2.45) is 0 Å². The molecule has 92 valence electrons. The summed E-state index contributed by atoms with van der Waals surface area (Å²) in [5.41, 5.74) is 0.337. The summed E-state index contributed by atoms with van der Waals surface area (Å²) in [5, 5.41) is 9.75. The fourth-order valence-electron chi connectivity index (χ4n) is 1.76. The number of nitrogens with zero attached hydrogens (tertiary/aromatic N) is 1. The summed E-state index contributed by atoms with van der Waals surface area (Å²) in [6, 6.07) is 4.66. The second-order valence-electron chi connectivity index (χ2n) is 4.08. The Morgan fingerprint density at radius 3 is 2.76 bits per heavy atom. The van der Waals surface area contributed by atoms with Gasteiger partial charge in [0.2, 0.25) is 0 Å². The molecule has 0 spiro atoms. The number of carbonyl (C=O) groups excluding carboxylic acids is 1. The molecule has 0 unspecified atom stereocenters. The van der Waals surface area contributed by atoms with E-state index in [-0.39, 0.29) is 17.7 Å². The minimum atomic E-state index is -0.158. The molecule has 0 radical (unpaired) electrons. The standard InChI is InChI=1S/C12H13Cl2NO2/c13-5-6-15(8-1-2-8)12(17)10-7-9(16)3-4-11(10)14/h3-4,7-8,16H,1-2,5-6H2. The lowest BCUT2D eigenvalue weighted by Gasteiger charge is -2.21.